The van der Waals surface area contributed by atoms with E-state index in [9.17, 15) is 0 Å². The molecule has 2 N–H and O–H groups in total. The Morgan fingerprint density at radius 2 is 2.32 bits per heavy atom. The lowest BCUT2D eigenvalue weighted by Crippen LogP contribution is -2.39. The van der Waals surface area contributed by atoms with E-state index in [-0.39, 0.29) is 6.04 Å². The molecule has 1 aliphatic rings. The van der Waals surface area contributed by atoms with Crippen LogP contribution in [0.25, 0.3) is 0 Å². The van der Waals surface area contributed by atoms with Crippen molar-refractivity contribution in [2.75, 3.05) is 33.7 Å². The van der Waals surface area contributed by atoms with Gasteiger partial charge in [-0.1, -0.05) is 0 Å². The summed E-state index contributed by atoms with van der Waals surface area (Å²) >= 11 is 5.34. The monoisotopic (exact) mass is 345 g/mol. The van der Waals surface area contributed by atoms with Crippen LogP contribution in [0.4, 0.5) is 0 Å². The van der Waals surface area contributed by atoms with Crippen LogP contribution in [0.15, 0.2) is 15.9 Å². The molecule has 1 aromatic rings. The summed E-state index contributed by atoms with van der Waals surface area (Å²) in [4.78, 5) is 6.21. The molecule has 0 spiro atoms. The standard InChI is InChI=1S/C14H24BrN3S/c1-10(16)14(12-4-5-13(15)19-12)18(3)9-11-6-7-17(2)8-11/h4-5,10-11,14H,6-9,16H2,1-3H3. The van der Waals surface area contributed by atoms with E-state index in [4.69, 9.17) is 5.73 Å². The van der Waals surface area contributed by atoms with Gasteiger partial charge in [0.2, 0.25) is 0 Å². The van der Waals surface area contributed by atoms with Gasteiger partial charge in [0.25, 0.3) is 0 Å². The summed E-state index contributed by atoms with van der Waals surface area (Å²) in [6, 6.07) is 4.78. The van der Waals surface area contributed by atoms with Crippen LogP contribution in [0.5, 0.6) is 0 Å². The second kappa shape index (κ2) is 6.68. The first-order valence-electron chi connectivity index (χ1n) is 6.87. The number of likely N-dealkylation sites (tertiary alicyclic amines) is 1. The minimum absolute atomic E-state index is 0.148. The molecule has 0 radical (unpaired) electrons. The highest BCUT2D eigenvalue weighted by atomic mass is 79.9. The minimum Gasteiger partial charge on any atom is -0.326 e. The molecule has 1 saturated heterocycles. The van der Waals surface area contributed by atoms with Gasteiger partial charge in [-0.25, -0.2) is 0 Å². The van der Waals surface area contributed by atoms with Crippen LogP contribution in [-0.4, -0.2) is 49.6 Å². The van der Waals surface area contributed by atoms with E-state index >= 15 is 0 Å². The quantitative estimate of drug-likeness (QED) is 0.890. The molecule has 0 amide bonds. The molecule has 19 heavy (non-hydrogen) atoms. The number of halogens is 1. The van der Waals surface area contributed by atoms with Crippen molar-refractivity contribution in [3.8, 4) is 0 Å². The molecule has 108 valence electrons. The smallest absolute Gasteiger partial charge is 0.0702 e. The number of thiophene rings is 1. The maximum Gasteiger partial charge on any atom is 0.0702 e. The van der Waals surface area contributed by atoms with E-state index in [1.54, 1.807) is 11.3 Å². The normalized spacial score (nSPS) is 24.0. The number of likely N-dealkylation sites (N-methyl/N-ethyl adjacent to an activating group) is 1. The van der Waals surface area contributed by atoms with Crippen LogP contribution in [0.3, 0.4) is 0 Å². The predicted molar refractivity (Wildman–Crippen MR) is 86.6 cm³/mol. The Morgan fingerprint density at radius 1 is 1.58 bits per heavy atom. The average Bonchev–Trinajstić information content (AvgIpc) is 2.88. The van der Waals surface area contributed by atoms with Gasteiger partial charge in [-0.05, 0) is 68.0 Å². The first kappa shape index (κ1) is 15.4. The van der Waals surface area contributed by atoms with Crippen molar-refractivity contribution in [2.24, 2.45) is 11.7 Å². The molecule has 3 unspecified atom stereocenters. The largest absolute Gasteiger partial charge is 0.326 e. The van der Waals surface area contributed by atoms with Gasteiger partial charge in [0.15, 0.2) is 0 Å². The van der Waals surface area contributed by atoms with Crippen molar-refractivity contribution in [1.29, 1.82) is 0 Å². The summed E-state index contributed by atoms with van der Waals surface area (Å²) < 4.78 is 1.18. The summed E-state index contributed by atoms with van der Waals surface area (Å²) in [6.45, 7) is 5.68. The van der Waals surface area contributed by atoms with Gasteiger partial charge in [0.05, 0.1) is 9.83 Å². The molecule has 1 aliphatic heterocycles. The fourth-order valence-electron chi connectivity index (χ4n) is 3.06. The van der Waals surface area contributed by atoms with Crippen molar-refractivity contribution in [1.82, 2.24) is 9.80 Å². The predicted octanol–water partition coefficient (Wildman–Crippen LogP) is 2.78. The Balaban J connectivity index is 2.02. The van der Waals surface area contributed by atoms with Crippen molar-refractivity contribution >= 4 is 27.3 Å². The van der Waals surface area contributed by atoms with Crippen LogP contribution < -0.4 is 5.73 Å². The van der Waals surface area contributed by atoms with Crippen LogP contribution in [0.1, 0.15) is 24.3 Å². The van der Waals surface area contributed by atoms with Crippen LogP contribution in [-0.2, 0) is 0 Å². The zero-order valence-corrected chi connectivity index (χ0v) is 14.4. The number of nitrogens with two attached hydrogens (primary N) is 1. The SMILES string of the molecule is CC(N)C(c1ccc(Br)s1)N(C)CC1CCN(C)C1. The summed E-state index contributed by atoms with van der Waals surface area (Å²) in [6.07, 6.45) is 1.31. The fourth-order valence-corrected chi connectivity index (χ4v) is 4.77. The van der Waals surface area contributed by atoms with E-state index in [1.165, 1.54) is 28.2 Å². The van der Waals surface area contributed by atoms with Gasteiger partial charge in [-0.2, -0.15) is 0 Å². The number of hydrogen-bond acceptors (Lipinski definition) is 4. The Kier molecular flexibility index (Phi) is 5.43. The zero-order chi connectivity index (χ0) is 14.0. The van der Waals surface area contributed by atoms with E-state index in [2.05, 4.69) is 58.9 Å². The number of rotatable bonds is 5. The van der Waals surface area contributed by atoms with Gasteiger partial charge >= 0.3 is 0 Å². The van der Waals surface area contributed by atoms with Gasteiger partial charge in [0.1, 0.15) is 0 Å². The lowest BCUT2D eigenvalue weighted by atomic mass is 10.0. The lowest BCUT2D eigenvalue weighted by molar-refractivity contribution is 0.190. The van der Waals surface area contributed by atoms with Crippen molar-refractivity contribution in [3.63, 3.8) is 0 Å². The summed E-state index contributed by atoms with van der Waals surface area (Å²) in [5.74, 6) is 0.777. The molecule has 0 bridgehead atoms. The van der Waals surface area contributed by atoms with Crippen LogP contribution >= 0.6 is 27.3 Å². The molecule has 1 fully saturated rings. The lowest BCUT2D eigenvalue weighted by Gasteiger charge is -2.32. The zero-order valence-electron chi connectivity index (χ0n) is 12.0. The van der Waals surface area contributed by atoms with Gasteiger partial charge in [-0.15, -0.1) is 11.3 Å². The molecule has 3 nitrogen and oxygen atoms in total. The molecular formula is C14H24BrN3S. The van der Waals surface area contributed by atoms with Crippen molar-refractivity contribution in [2.45, 2.75) is 25.4 Å². The Morgan fingerprint density at radius 3 is 2.79 bits per heavy atom. The Bertz CT molecular complexity index is 407. The maximum atomic E-state index is 6.22. The maximum absolute atomic E-state index is 6.22. The second-order valence-corrected chi connectivity index (χ2v) is 8.30. The molecule has 5 heteroatoms. The van der Waals surface area contributed by atoms with Gasteiger partial charge < -0.3 is 10.6 Å². The molecule has 0 aliphatic carbocycles. The third kappa shape index (κ3) is 4.02. The van der Waals surface area contributed by atoms with Gasteiger partial charge in [-0.3, -0.25) is 4.90 Å². The topological polar surface area (TPSA) is 32.5 Å². The summed E-state index contributed by atoms with van der Waals surface area (Å²) in [5.41, 5.74) is 6.22. The minimum atomic E-state index is 0.148. The first-order valence-corrected chi connectivity index (χ1v) is 8.48. The molecule has 0 aromatic carbocycles. The van der Waals surface area contributed by atoms with E-state index in [0.717, 1.165) is 12.5 Å². The molecule has 3 atom stereocenters. The highest BCUT2D eigenvalue weighted by Gasteiger charge is 2.27. The first-order chi connectivity index (χ1) is 8.97. The molecule has 2 heterocycles. The van der Waals surface area contributed by atoms with E-state index < -0.39 is 0 Å². The molecule has 0 saturated carbocycles. The van der Waals surface area contributed by atoms with E-state index in [0.29, 0.717) is 6.04 Å². The Labute approximate surface area is 128 Å². The number of nitrogens with zero attached hydrogens (tertiary/aromatic N) is 2. The van der Waals surface area contributed by atoms with E-state index in [1.807, 2.05) is 0 Å². The van der Waals surface area contributed by atoms with Gasteiger partial charge in [0, 0.05) is 24.0 Å². The molecule has 2 rings (SSSR count). The number of hydrogen-bond donors (Lipinski definition) is 1. The molecule has 1 aromatic heterocycles. The van der Waals surface area contributed by atoms with Crippen molar-refractivity contribution in [3.05, 3.63) is 20.8 Å². The second-order valence-electron chi connectivity index (χ2n) is 5.80. The highest BCUT2D eigenvalue weighted by molar-refractivity contribution is 9.11. The summed E-state index contributed by atoms with van der Waals surface area (Å²) in [7, 11) is 4.42. The average molecular weight is 346 g/mol. The summed E-state index contributed by atoms with van der Waals surface area (Å²) in [5, 5.41) is 0. The van der Waals surface area contributed by atoms with Crippen LogP contribution in [0.2, 0.25) is 0 Å². The Hall–Kier alpha value is 0.0600. The van der Waals surface area contributed by atoms with Crippen molar-refractivity contribution < 1.29 is 0 Å². The third-order valence-electron chi connectivity index (χ3n) is 3.89. The fraction of sp³-hybridized carbons (Fsp3) is 0.714. The third-order valence-corrected chi connectivity index (χ3v) is 5.59. The molecular weight excluding hydrogens is 322 g/mol. The highest BCUT2D eigenvalue weighted by Crippen LogP contribution is 2.32. The van der Waals surface area contributed by atoms with Crippen LogP contribution in [0, 0.1) is 5.92 Å².